The van der Waals surface area contributed by atoms with Gasteiger partial charge in [-0.2, -0.15) is 0 Å². The monoisotopic (exact) mass is 305 g/mol. The van der Waals surface area contributed by atoms with Crippen LogP contribution in [-0.4, -0.2) is 6.61 Å². The number of aryl methyl sites for hydroxylation is 1. The summed E-state index contributed by atoms with van der Waals surface area (Å²) in [4.78, 5) is 0. The maximum Gasteiger partial charge on any atom is 0.142 e. The first-order chi connectivity index (χ1) is 8.75. The van der Waals surface area contributed by atoms with Gasteiger partial charge in [-0.05, 0) is 42.7 Å². The molecule has 0 aromatic heterocycles. The second-order valence-corrected chi connectivity index (χ2v) is 5.04. The van der Waals surface area contributed by atoms with Crippen molar-refractivity contribution in [3.05, 3.63) is 58.6 Å². The van der Waals surface area contributed by atoms with E-state index in [1.807, 2.05) is 30.3 Å². The zero-order valence-corrected chi connectivity index (χ0v) is 11.7. The van der Waals surface area contributed by atoms with Crippen LogP contribution < -0.4 is 10.5 Å². The minimum absolute atomic E-state index is 0.681. The molecule has 2 aromatic carbocycles. The summed E-state index contributed by atoms with van der Waals surface area (Å²) in [5.41, 5.74) is 7.81. The number of halogens is 1. The molecule has 0 aliphatic rings. The van der Waals surface area contributed by atoms with Crippen LogP contribution in [0.15, 0.2) is 53.0 Å². The fourth-order valence-corrected chi connectivity index (χ4v) is 2.21. The van der Waals surface area contributed by atoms with Crippen molar-refractivity contribution in [2.75, 3.05) is 12.3 Å². The van der Waals surface area contributed by atoms with Crippen LogP contribution in [0.2, 0.25) is 0 Å². The molecule has 94 valence electrons. The first-order valence-electron chi connectivity index (χ1n) is 5.97. The van der Waals surface area contributed by atoms with Crippen LogP contribution in [0.1, 0.15) is 12.0 Å². The molecule has 2 rings (SSSR count). The largest absolute Gasteiger partial charge is 0.491 e. The van der Waals surface area contributed by atoms with E-state index in [-0.39, 0.29) is 0 Å². The summed E-state index contributed by atoms with van der Waals surface area (Å²) in [6.07, 6.45) is 1.98. The van der Waals surface area contributed by atoms with E-state index in [4.69, 9.17) is 10.5 Å². The SMILES string of the molecule is Nc1ccccc1OCCCc1cccc(Br)c1. The average Bonchev–Trinajstić information content (AvgIpc) is 2.37. The molecule has 0 aliphatic carbocycles. The zero-order valence-electron chi connectivity index (χ0n) is 10.1. The van der Waals surface area contributed by atoms with Gasteiger partial charge >= 0.3 is 0 Å². The van der Waals surface area contributed by atoms with Gasteiger partial charge < -0.3 is 10.5 Å². The quantitative estimate of drug-likeness (QED) is 0.668. The Balaban J connectivity index is 1.78. The maximum absolute atomic E-state index is 5.80. The summed E-state index contributed by atoms with van der Waals surface area (Å²) in [6.45, 7) is 0.681. The Bertz CT molecular complexity index is 513. The van der Waals surface area contributed by atoms with Crippen LogP contribution in [0.5, 0.6) is 5.75 Å². The Labute approximate surface area is 116 Å². The molecule has 0 saturated carbocycles. The summed E-state index contributed by atoms with van der Waals surface area (Å²) in [5, 5.41) is 0. The molecule has 2 aromatic rings. The molecule has 0 bridgehead atoms. The molecule has 0 spiro atoms. The summed E-state index contributed by atoms with van der Waals surface area (Å²) >= 11 is 3.47. The number of rotatable bonds is 5. The number of anilines is 1. The number of ether oxygens (including phenoxy) is 1. The third-order valence-electron chi connectivity index (χ3n) is 2.68. The lowest BCUT2D eigenvalue weighted by molar-refractivity contribution is 0.312. The normalized spacial score (nSPS) is 10.3. The average molecular weight is 306 g/mol. The van der Waals surface area contributed by atoms with Crippen LogP contribution >= 0.6 is 15.9 Å². The van der Waals surface area contributed by atoms with Crippen LogP contribution in [0.25, 0.3) is 0 Å². The van der Waals surface area contributed by atoms with E-state index in [0.29, 0.717) is 12.3 Å². The van der Waals surface area contributed by atoms with E-state index < -0.39 is 0 Å². The Morgan fingerprint density at radius 3 is 2.67 bits per heavy atom. The number of para-hydroxylation sites is 2. The first-order valence-corrected chi connectivity index (χ1v) is 6.77. The predicted molar refractivity (Wildman–Crippen MR) is 78.8 cm³/mol. The van der Waals surface area contributed by atoms with Gasteiger partial charge in [0.15, 0.2) is 0 Å². The molecular weight excluding hydrogens is 290 g/mol. The van der Waals surface area contributed by atoms with E-state index in [9.17, 15) is 0 Å². The minimum atomic E-state index is 0.681. The topological polar surface area (TPSA) is 35.2 Å². The van der Waals surface area contributed by atoms with Gasteiger partial charge in [0.25, 0.3) is 0 Å². The number of benzene rings is 2. The first kappa shape index (κ1) is 13.0. The summed E-state index contributed by atoms with van der Waals surface area (Å²) < 4.78 is 6.77. The molecule has 3 heteroatoms. The van der Waals surface area contributed by atoms with Crippen LogP contribution in [-0.2, 0) is 6.42 Å². The number of hydrogen-bond acceptors (Lipinski definition) is 2. The van der Waals surface area contributed by atoms with Gasteiger partial charge in [0.2, 0.25) is 0 Å². The molecule has 0 amide bonds. The van der Waals surface area contributed by atoms with Crippen molar-refractivity contribution < 1.29 is 4.74 Å². The molecule has 2 nitrogen and oxygen atoms in total. The smallest absolute Gasteiger partial charge is 0.142 e. The number of hydrogen-bond donors (Lipinski definition) is 1. The third-order valence-corrected chi connectivity index (χ3v) is 3.17. The van der Waals surface area contributed by atoms with Crippen LogP contribution in [0.3, 0.4) is 0 Å². The molecule has 0 radical (unpaired) electrons. The number of nitrogen functional groups attached to an aromatic ring is 1. The summed E-state index contributed by atoms with van der Waals surface area (Å²) in [7, 11) is 0. The third kappa shape index (κ3) is 3.77. The highest BCUT2D eigenvalue weighted by Crippen LogP contribution is 2.20. The van der Waals surface area contributed by atoms with E-state index in [1.54, 1.807) is 0 Å². The Kier molecular flexibility index (Phi) is 4.65. The molecule has 18 heavy (non-hydrogen) atoms. The molecule has 2 N–H and O–H groups in total. The van der Waals surface area contributed by atoms with E-state index in [2.05, 4.69) is 34.1 Å². The van der Waals surface area contributed by atoms with Crippen molar-refractivity contribution >= 4 is 21.6 Å². The summed E-state index contributed by atoms with van der Waals surface area (Å²) in [6, 6.07) is 15.9. The minimum Gasteiger partial charge on any atom is -0.491 e. The molecule has 0 fully saturated rings. The fourth-order valence-electron chi connectivity index (χ4n) is 1.76. The van der Waals surface area contributed by atoms with Gasteiger partial charge in [0.05, 0.1) is 12.3 Å². The highest BCUT2D eigenvalue weighted by Gasteiger charge is 1.99. The second kappa shape index (κ2) is 6.45. The van der Waals surface area contributed by atoms with Crippen molar-refractivity contribution in [2.45, 2.75) is 12.8 Å². The van der Waals surface area contributed by atoms with Crippen molar-refractivity contribution in [1.82, 2.24) is 0 Å². The van der Waals surface area contributed by atoms with Gasteiger partial charge in [0.1, 0.15) is 5.75 Å². The van der Waals surface area contributed by atoms with Crippen molar-refractivity contribution in [3.8, 4) is 5.75 Å². The van der Waals surface area contributed by atoms with E-state index in [0.717, 1.165) is 23.1 Å². The Morgan fingerprint density at radius 1 is 1.06 bits per heavy atom. The predicted octanol–water partition coefficient (Wildman–Crippen LogP) is 4.04. The van der Waals surface area contributed by atoms with Crippen molar-refractivity contribution in [3.63, 3.8) is 0 Å². The van der Waals surface area contributed by atoms with Crippen molar-refractivity contribution in [1.29, 1.82) is 0 Å². The van der Waals surface area contributed by atoms with Crippen molar-refractivity contribution in [2.24, 2.45) is 0 Å². The van der Waals surface area contributed by atoms with Gasteiger partial charge in [0, 0.05) is 4.47 Å². The molecular formula is C15H16BrNO. The molecule has 0 aliphatic heterocycles. The van der Waals surface area contributed by atoms with E-state index >= 15 is 0 Å². The zero-order chi connectivity index (χ0) is 12.8. The standard InChI is InChI=1S/C15H16BrNO/c16-13-7-3-5-12(11-13)6-4-10-18-15-9-2-1-8-14(15)17/h1-3,5,7-9,11H,4,6,10,17H2. The van der Waals surface area contributed by atoms with Crippen LogP contribution in [0.4, 0.5) is 5.69 Å². The second-order valence-electron chi connectivity index (χ2n) is 4.12. The maximum atomic E-state index is 5.80. The highest BCUT2D eigenvalue weighted by atomic mass is 79.9. The lowest BCUT2D eigenvalue weighted by Crippen LogP contribution is -2.01. The van der Waals surface area contributed by atoms with E-state index in [1.165, 1.54) is 5.56 Å². The molecule has 0 heterocycles. The van der Waals surface area contributed by atoms with Crippen LogP contribution in [0, 0.1) is 0 Å². The van der Waals surface area contributed by atoms with Gasteiger partial charge in [-0.15, -0.1) is 0 Å². The lowest BCUT2D eigenvalue weighted by atomic mass is 10.1. The Hall–Kier alpha value is -1.48. The van der Waals surface area contributed by atoms with Gasteiger partial charge in [-0.3, -0.25) is 0 Å². The van der Waals surface area contributed by atoms with Gasteiger partial charge in [-0.1, -0.05) is 40.2 Å². The lowest BCUT2D eigenvalue weighted by Gasteiger charge is -2.08. The molecule has 0 unspecified atom stereocenters. The number of nitrogens with two attached hydrogens (primary N) is 1. The molecule has 0 saturated heterocycles. The molecule has 0 atom stereocenters. The highest BCUT2D eigenvalue weighted by molar-refractivity contribution is 9.10. The van der Waals surface area contributed by atoms with Gasteiger partial charge in [-0.25, -0.2) is 0 Å². The fraction of sp³-hybridized carbons (Fsp3) is 0.200. The summed E-state index contributed by atoms with van der Waals surface area (Å²) in [5.74, 6) is 0.770. The Morgan fingerprint density at radius 2 is 1.89 bits per heavy atom.